The third kappa shape index (κ3) is 2.04. The van der Waals surface area contributed by atoms with Gasteiger partial charge in [-0.05, 0) is 24.2 Å². The minimum absolute atomic E-state index is 0.0418. The van der Waals surface area contributed by atoms with Crippen LogP contribution >= 0.6 is 24.0 Å². The quantitative estimate of drug-likeness (QED) is 0.857. The molecule has 0 radical (unpaired) electrons. The van der Waals surface area contributed by atoms with Crippen molar-refractivity contribution < 1.29 is 0 Å². The Kier molecular flexibility index (Phi) is 3.09. The summed E-state index contributed by atoms with van der Waals surface area (Å²) in [5.74, 6) is 0.963. The van der Waals surface area contributed by atoms with Gasteiger partial charge in [0.1, 0.15) is 0 Å². The molecule has 0 saturated carbocycles. The minimum Gasteiger partial charge on any atom is -0.335 e. The number of aromatic amines is 1. The van der Waals surface area contributed by atoms with Crippen molar-refractivity contribution in [2.75, 3.05) is 5.75 Å². The van der Waals surface area contributed by atoms with E-state index in [1.54, 1.807) is 16.3 Å². The molecule has 3 rings (SSSR count). The van der Waals surface area contributed by atoms with E-state index in [1.165, 1.54) is 0 Å². The predicted octanol–water partition coefficient (Wildman–Crippen LogP) is 2.60. The van der Waals surface area contributed by atoms with E-state index in [4.69, 9.17) is 12.2 Å². The lowest BCUT2D eigenvalue weighted by atomic mass is 10.2. The highest BCUT2D eigenvalue weighted by molar-refractivity contribution is 7.99. The molecule has 5 heteroatoms. The number of rotatable bonds is 2. The van der Waals surface area contributed by atoms with Gasteiger partial charge in [-0.3, -0.25) is 9.36 Å². The summed E-state index contributed by atoms with van der Waals surface area (Å²) in [6, 6.07) is 9.90. The maximum atomic E-state index is 12.3. The van der Waals surface area contributed by atoms with E-state index in [0.717, 1.165) is 28.3 Å². The molecule has 0 spiro atoms. The molecule has 1 N–H and O–H groups in total. The molecular weight excluding hydrogens is 264 g/mol. The van der Waals surface area contributed by atoms with Crippen molar-refractivity contribution >= 4 is 24.0 Å². The second-order valence-corrected chi connectivity index (χ2v) is 5.71. The molecule has 0 saturated heterocycles. The van der Waals surface area contributed by atoms with Crippen LogP contribution in [0.15, 0.2) is 40.0 Å². The number of aryl methyl sites for hydroxylation is 1. The lowest BCUT2D eigenvalue weighted by Gasteiger charge is -2.08. The Bertz CT molecular complexity index is 688. The summed E-state index contributed by atoms with van der Waals surface area (Å²) in [5, 5.41) is 0. The highest BCUT2D eigenvalue weighted by atomic mass is 32.2. The fourth-order valence-electron chi connectivity index (χ4n) is 2.09. The molecule has 2 aromatic rings. The molecule has 1 aromatic carbocycles. The Labute approximate surface area is 114 Å². The number of H-pyrrole nitrogens is 1. The molecule has 92 valence electrons. The SMILES string of the molecule is O=c1c2c([nH]c(=S)n1Cc1ccccc1)CCS2. The van der Waals surface area contributed by atoms with Crippen LogP contribution in [-0.2, 0) is 13.0 Å². The van der Waals surface area contributed by atoms with Crippen molar-refractivity contribution in [2.45, 2.75) is 17.9 Å². The van der Waals surface area contributed by atoms with E-state index in [2.05, 4.69) is 4.98 Å². The summed E-state index contributed by atoms with van der Waals surface area (Å²) in [7, 11) is 0. The molecule has 0 fully saturated rings. The van der Waals surface area contributed by atoms with Crippen LogP contribution in [0.5, 0.6) is 0 Å². The summed E-state index contributed by atoms with van der Waals surface area (Å²) in [6.45, 7) is 0.531. The number of benzene rings is 1. The lowest BCUT2D eigenvalue weighted by molar-refractivity contribution is 0.690. The number of thioether (sulfide) groups is 1. The zero-order chi connectivity index (χ0) is 12.5. The molecule has 1 aliphatic rings. The van der Waals surface area contributed by atoms with Crippen LogP contribution in [0.2, 0.25) is 0 Å². The monoisotopic (exact) mass is 276 g/mol. The van der Waals surface area contributed by atoms with Gasteiger partial charge in [0.15, 0.2) is 4.77 Å². The molecule has 0 atom stereocenters. The first-order valence-electron chi connectivity index (χ1n) is 5.78. The smallest absolute Gasteiger partial charge is 0.268 e. The van der Waals surface area contributed by atoms with Crippen molar-refractivity contribution in [1.29, 1.82) is 0 Å². The average Bonchev–Trinajstić information content (AvgIpc) is 2.84. The fourth-order valence-corrected chi connectivity index (χ4v) is 3.43. The Balaban J connectivity index is 2.08. The molecule has 1 aromatic heterocycles. The summed E-state index contributed by atoms with van der Waals surface area (Å²) >= 11 is 6.90. The molecule has 2 heterocycles. The van der Waals surface area contributed by atoms with Crippen LogP contribution in [0.4, 0.5) is 0 Å². The predicted molar refractivity (Wildman–Crippen MR) is 75.9 cm³/mol. The lowest BCUT2D eigenvalue weighted by Crippen LogP contribution is -2.24. The van der Waals surface area contributed by atoms with E-state index in [0.29, 0.717) is 11.3 Å². The summed E-state index contributed by atoms with van der Waals surface area (Å²) in [6.07, 6.45) is 0.908. The average molecular weight is 276 g/mol. The van der Waals surface area contributed by atoms with Crippen molar-refractivity contribution in [3.8, 4) is 0 Å². The maximum Gasteiger partial charge on any atom is 0.268 e. The van der Waals surface area contributed by atoms with Gasteiger partial charge in [-0.1, -0.05) is 30.3 Å². The fraction of sp³-hybridized carbons (Fsp3) is 0.231. The molecule has 0 aliphatic carbocycles. The maximum absolute atomic E-state index is 12.3. The van der Waals surface area contributed by atoms with Crippen molar-refractivity contribution in [2.24, 2.45) is 0 Å². The molecule has 0 amide bonds. The largest absolute Gasteiger partial charge is 0.335 e. The van der Waals surface area contributed by atoms with Gasteiger partial charge in [-0.25, -0.2) is 0 Å². The van der Waals surface area contributed by atoms with Gasteiger partial charge in [0, 0.05) is 11.4 Å². The van der Waals surface area contributed by atoms with Crippen molar-refractivity contribution in [1.82, 2.24) is 9.55 Å². The number of nitrogens with one attached hydrogen (secondary N) is 1. The Morgan fingerprint density at radius 2 is 2.11 bits per heavy atom. The first kappa shape index (κ1) is 11.7. The van der Waals surface area contributed by atoms with Crippen molar-refractivity contribution in [3.05, 3.63) is 56.7 Å². The van der Waals surface area contributed by atoms with Gasteiger partial charge in [0.2, 0.25) is 0 Å². The van der Waals surface area contributed by atoms with E-state index in [9.17, 15) is 4.79 Å². The molecular formula is C13H12N2OS2. The van der Waals surface area contributed by atoms with Gasteiger partial charge in [0.25, 0.3) is 5.56 Å². The van der Waals surface area contributed by atoms with Gasteiger partial charge in [-0.2, -0.15) is 0 Å². The highest BCUT2D eigenvalue weighted by Gasteiger charge is 2.18. The van der Waals surface area contributed by atoms with Crippen molar-refractivity contribution in [3.63, 3.8) is 0 Å². The minimum atomic E-state index is 0.0418. The van der Waals surface area contributed by atoms with Gasteiger partial charge in [0.05, 0.1) is 11.4 Å². The van der Waals surface area contributed by atoms with Gasteiger partial charge in [-0.15, -0.1) is 11.8 Å². The number of hydrogen-bond acceptors (Lipinski definition) is 3. The normalized spacial score (nSPS) is 13.6. The molecule has 0 unspecified atom stereocenters. The number of aromatic nitrogens is 2. The summed E-state index contributed by atoms with van der Waals surface area (Å²) in [5.41, 5.74) is 2.13. The number of nitrogens with zero attached hydrogens (tertiary/aromatic N) is 1. The van der Waals surface area contributed by atoms with Crippen LogP contribution in [0.3, 0.4) is 0 Å². The van der Waals surface area contributed by atoms with Crippen LogP contribution < -0.4 is 5.56 Å². The second kappa shape index (κ2) is 4.74. The first-order valence-corrected chi connectivity index (χ1v) is 7.18. The van der Waals surface area contributed by atoms with Crippen LogP contribution in [0, 0.1) is 4.77 Å². The van der Waals surface area contributed by atoms with Gasteiger partial charge >= 0.3 is 0 Å². The highest BCUT2D eigenvalue weighted by Crippen LogP contribution is 2.26. The Morgan fingerprint density at radius 1 is 1.33 bits per heavy atom. The number of fused-ring (bicyclic) bond motifs is 1. The van der Waals surface area contributed by atoms with Crippen LogP contribution in [0.1, 0.15) is 11.3 Å². The first-order chi connectivity index (χ1) is 8.75. The Morgan fingerprint density at radius 3 is 2.89 bits per heavy atom. The zero-order valence-electron chi connectivity index (χ0n) is 9.68. The van der Waals surface area contributed by atoms with Crippen LogP contribution in [0.25, 0.3) is 0 Å². The molecule has 18 heavy (non-hydrogen) atoms. The van der Waals surface area contributed by atoms with E-state index >= 15 is 0 Å². The standard InChI is InChI=1S/C13H12N2OS2/c16-12-11-10(6-7-18-11)14-13(17)15(12)8-9-4-2-1-3-5-9/h1-5H,6-8H2,(H,14,17). The zero-order valence-corrected chi connectivity index (χ0v) is 11.3. The molecule has 1 aliphatic heterocycles. The van der Waals surface area contributed by atoms with Crippen LogP contribution in [-0.4, -0.2) is 15.3 Å². The molecule has 3 nitrogen and oxygen atoms in total. The third-order valence-corrected chi connectivity index (χ3v) is 4.44. The van der Waals surface area contributed by atoms with E-state index in [-0.39, 0.29) is 5.56 Å². The second-order valence-electron chi connectivity index (χ2n) is 4.21. The van der Waals surface area contributed by atoms with E-state index < -0.39 is 0 Å². The van der Waals surface area contributed by atoms with Gasteiger partial charge < -0.3 is 4.98 Å². The van der Waals surface area contributed by atoms with E-state index in [1.807, 2.05) is 30.3 Å². The Hall–Kier alpha value is -1.33. The molecule has 0 bridgehead atoms. The summed E-state index contributed by atoms with van der Waals surface area (Å²) < 4.78 is 2.16. The third-order valence-electron chi connectivity index (χ3n) is 3.00. The topological polar surface area (TPSA) is 37.8 Å². The summed E-state index contributed by atoms with van der Waals surface area (Å²) in [4.78, 5) is 16.3. The number of hydrogen-bond donors (Lipinski definition) is 1.